The molecule has 0 aliphatic carbocycles. The third kappa shape index (κ3) is 4.79. The Morgan fingerprint density at radius 3 is 2.14 bits per heavy atom. The Morgan fingerprint density at radius 2 is 1.57 bits per heavy atom. The van der Waals surface area contributed by atoms with E-state index < -0.39 is 0 Å². The van der Waals surface area contributed by atoms with Crippen LogP contribution in [-0.2, 0) is 0 Å². The molecule has 28 heavy (non-hydrogen) atoms. The van der Waals surface area contributed by atoms with E-state index in [1.807, 2.05) is 63.2 Å². The molecule has 0 bridgehead atoms. The second-order valence-electron chi connectivity index (χ2n) is 6.19. The zero-order valence-electron chi connectivity index (χ0n) is 16.1. The van der Waals surface area contributed by atoms with Gasteiger partial charge in [0.05, 0.1) is 18.0 Å². The van der Waals surface area contributed by atoms with E-state index in [1.54, 1.807) is 18.2 Å². The molecule has 6 heteroatoms. The van der Waals surface area contributed by atoms with E-state index in [4.69, 9.17) is 4.74 Å². The van der Waals surface area contributed by atoms with Gasteiger partial charge in [0.2, 0.25) is 0 Å². The Bertz CT molecular complexity index is 967. The van der Waals surface area contributed by atoms with Crippen molar-refractivity contribution >= 4 is 11.6 Å². The Kier molecular flexibility index (Phi) is 6.11. The number of aryl methyl sites for hydroxylation is 2. The van der Waals surface area contributed by atoms with Crippen molar-refractivity contribution in [3.63, 3.8) is 0 Å². The maximum absolute atomic E-state index is 12.6. The third-order valence-corrected chi connectivity index (χ3v) is 3.94. The number of nitrogens with zero attached hydrogens (tertiary/aromatic N) is 3. The maximum atomic E-state index is 12.6. The monoisotopic (exact) mass is 374 g/mol. The van der Waals surface area contributed by atoms with Crippen molar-refractivity contribution in [2.24, 2.45) is 5.10 Å². The number of hydrogen-bond donors (Lipinski definition) is 1. The first-order valence-corrected chi connectivity index (χ1v) is 9.06. The highest BCUT2D eigenvalue weighted by molar-refractivity contribution is 6.11. The summed E-state index contributed by atoms with van der Waals surface area (Å²) in [6.45, 7) is 6.24. The normalized spacial score (nSPS) is 10.2. The average molecular weight is 374 g/mol. The molecular weight excluding hydrogens is 352 g/mol. The van der Waals surface area contributed by atoms with E-state index >= 15 is 0 Å². The predicted octanol–water partition coefficient (Wildman–Crippen LogP) is 3.67. The number of carbonyl (C=O) groups excluding carboxylic acids is 1. The Balaban J connectivity index is 1.93. The Labute approximate surface area is 164 Å². The number of hydrogen-bond acceptors (Lipinski definition) is 5. The van der Waals surface area contributed by atoms with Crippen LogP contribution in [0.2, 0.25) is 0 Å². The molecule has 2 aromatic heterocycles. The lowest BCUT2D eigenvalue weighted by molar-refractivity contribution is 0.0954. The van der Waals surface area contributed by atoms with Gasteiger partial charge in [0.15, 0.2) is 0 Å². The minimum Gasteiger partial charge on any atom is -0.494 e. The third-order valence-electron chi connectivity index (χ3n) is 3.94. The van der Waals surface area contributed by atoms with Crippen LogP contribution in [0.1, 0.15) is 40.1 Å². The van der Waals surface area contributed by atoms with E-state index in [2.05, 4.69) is 20.5 Å². The van der Waals surface area contributed by atoms with Gasteiger partial charge in [0.1, 0.15) is 11.5 Å². The van der Waals surface area contributed by atoms with Crippen LogP contribution < -0.4 is 10.2 Å². The number of rotatable bonds is 6. The molecule has 0 unspecified atom stereocenters. The molecule has 142 valence electrons. The van der Waals surface area contributed by atoms with Gasteiger partial charge in [0, 0.05) is 17.0 Å². The maximum Gasteiger partial charge on any atom is 0.271 e. The average Bonchev–Trinajstić information content (AvgIpc) is 2.69. The van der Waals surface area contributed by atoms with E-state index in [0.717, 1.165) is 11.4 Å². The molecule has 3 aromatic rings. The van der Waals surface area contributed by atoms with Crippen molar-refractivity contribution in [3.05, 3.63) is 89.0 Å². The number of amides is 1. The first-order valence-electron chi connectivity index (χ1n) is 9.06. The van der Waals surface area contributed by atoms with Gasteiger partial charge in [-0.3, -0.25) is 14.8 Å². The lowest BCUT2D eigenvalue weighted by Crippen LogP contribution is -2.21. The van der Waals surface area contributed by atoms with Crippen molar-refractivity contribution in [2.75, 3.05) is 6.61 Å². The van der Waals surface area contributed by atoms with Crippen LogP contribution in [0.4, 0.5) is 0 Å². The molecule has 0 saturated heterocycles. The lowest BCUT2D eigenvalue weighted by atomic mass is 10.1. The second kappa shape index (κ2) is 8.90. The molecule has 3 rings (SSSR count). The standard InChI is InChI=1S/C22H22N4O2/c1-4-28-18-11-7-10-17(14-18)22(27)26-25-21(19-12-5-8-15(2)23-19)20-13-6-9-16(3)24-20/h5-14H,4H2,1-3H3,(H,26,27). The lowest BCUT2D eigenvalue weighted by Gasteiger charge is -2.09. The van der Waals surface area contributed by atoms with Crippen LogP contribution >= 0.6 is 0 Å². The number of aromatic nitrogens is 2. The summed E-state index contributed by atoms with van der Waals surface area (Å²) in [7, 11) is 0. The summed E-state index contributed by atoms with van der Waals surface area (Å²) >= 11 is 0. The summed E-state index contributed by atoms with van der Waals surface area (Å²) in [5, 5.41) is 4.35. The summed E-state index contributed by atoms with van der Waals surface area (Å²) in [5.74, 6) is 0.305. The zero-order chi connectivity index (χ0) is 19.9. The molecule has 1 aromatic carbocycles. The van der Waals surface area contributed by atoms with Gasteiger partial charge < -0.3 is 4.74 Å². The van der Waals surface area contributed by atoms with Gasteiger partial charge in [-0.25, -0.2) is 5.43 Å². The van der Waals surface area contributed by atoms with E-state index in [9.17, 15) is 4.79 Å². The first-order chi connectivity index (χ1) is 13.6. The molecule has 2 heterocycles. The summed E-state index contributed by atoms with van der Waals surface area (Å²) < 4.78 is 5.45. The van der Waals surface area contributed by atoms with Crippen molar-refractivity contribution in [1.29, 1.82) is 0 Å². The first kappa shape index (κ1) is 19.2. The molecule has 6 nitrogen and oxygen atoms in total. The van der Waals surface area contributed by atoms with E-state index in [-0.39, 0.29) is 5.91 Å². The minimum atomic E-state index is -0.334. The molecular formula is C22H22N4O2. The summed E-state index contributed by atoms with van der Waals surface area (Å²) in [6, 6.07) is 18.3. The quantitative estimate of drug-likeness (QED) is 0.527. The molecule has 0 radical (unpaired) electrons. The predicted molar refractivity (Wildman–Crippen MR) is 109 cm³/mol. The van der Waals surface area contributed by atoms with Crippen LogP contribution in [0.5, 0.6) is 5.75 Å². The number of benzene rings is 1. The van der Waals surface area contributed by atoms with Gasteiger partial charge in [-0.15, -0.1) is 0 Å². The molecule has 0 atom stereocenters. The molecule has 0 spiro atoms. The molecule has 0 saturated carbocycles. The van der Waals surface area contributed by atoms with Crippen molar-refractivity contribution in [2.45, 2.75) is 20.8 Å². The highest BCUT2D eigenvalue weighted by Gasteiger charge is 2.13. The van der Waals surface area contributed by atoms with Gasteiger partial charge in [-0.1, -0.05) is 18.2 Å². The molecule has 0 aliphatic heterocycles. The van der Waals surface area contributed by atoms with Gasteiger partial charge >= 0.3 is 0 Å². The van der Waals surface area contributed by atoms with Crippen molar-refractivity contribution in [3.8, 4) is 5.75 Å². The number of hydrazone groups is 1. The SMILES string of the molecule is CCOc1cccc(C(=O)NN=C(c2cccc(C)n2)c2cccc(C)n2)c1. The number of carbonyl (C=O) groups is 1. The fraction of sp³-hybridized carbons (Fsp3) is 0.182. The summed E-state index contributed by atoms with van der Waals surface area (Å²) in [4.78, 5) is 21.6. The van der Waals surface area contributed by atoms with Crippen LogP contribution in [-0.4, -0.2) is 28.2 Å². The number of pyridine rings is 2. The van der Waals surface area contributed by atoms with Crippen molar-refractivity contribution < 1.29 is 9.53 Å². The fourth-order valence-electron chi connectivity index (χ4n) is 2.66. The molecule has 0 fully saturated rings. The highest BCUT2D eigenvalue weighted by atomic mass is 16.5. The van der Waals surface area contributed by atoms with Gasteiger partial charge in [-0.05, 0) is 63.2 Å². The number of ether oxygens (including phenoxy) is 1. The molecule has 0 aliphatic rings. The number of nitrogens with one attached hydrogen (secondary N) is 1. The van der Waals surface area contributed by atoms with Gasteiger partial charge in [0.25, 0.3) is 5.91 Å². The molecule has 1 N–H and O–H groups in total. The highest BCUT2D eigenvalue weighted by Crippen LogP contribution is 2.14. The van der Waals surface area contributed by atoms with Crippen LogP contribution in [0, 0.1) is 13.8 Å². The van der Waals surface area contributed by atoms with E-state index in [1.165, 1.54) is 0 Å². The minimum absolute atomic E-state index is 0.334. The molecule has 1 amide bonds. The second-order valence-corrected chi connectivity index (χ2v) is 6.19. The van der Waals surface area contributed by atoms with Crippen LogP contribution in [0.25, 0.3) is 0 Å². The van der Waals surface area contributed by atoms with E-state index in [0.29, 0.717) is 35.0 Å². The topological polar surface area (TPSA) is 76.5 Å². The fourth-order valence-corrected chi connectivity index (χ4v) is 2.66. The summed E-state index contributed by atoms with van der Waals surface area (Å²) in [6.07, 6.45) is 0. The van der Waals surface area contributed by atoms with Crippen molar-refractivity contribution in [1.82, 2.24) is 15.4 Å². The Hall–Kier alpha value is -3.54. The zero-order valence-corrected chi connectivity index (χ0v) is 16.1. The Morgan fingerprint density at radius 1 is 0.964 bits per heavy atom. The van der Waals surface area contributed by atoms with Gasteiger partial charge in [-0.2, -0.15) is 5.10 Å². The summed E-state index contributed by atoms with van der Waals surface area (Å²) in [5.41, 5.74) is 6.57. The van der Waals surface area contributed by atoms with Crippen LogP contribution in [0.3, 0.4) is 0 Å². The largest absolute Gasteiger partial charge is 0.494 e. The smallest absolute Gasteiger partial charge is 0.271 e. The van der Waals surface area contributed by atoms with Crippen LogP contribution in [0.15, 0.2) is 65.8 Å².